The first-order valence-corrected chi connectivity index (χ1v) is 6.39. The van der Waals surface area contributed by atoms with Gasteiger partial charge in [0, 0.05) is 34.1 Å². The molecule has 0 spiro atoms. The third-order valence-electron chi connectivity index (χ3n) is 2.93. The van der Waals surface area contributed by atoms with Crippen molar-refractivity contribution in [3.8, 4) is 0 Å². The minimum atomic E-state index is -0.658. The summed E-state index contributed by atoms with van der Waals surface area (Å²) in [6, 6.07) is 9.74. The summed E-state index contributed by atoms with van der Waals surface area (Å²) >= 11 is 3.36. The Hall–Kier alpha value is -1.65. The number of nitrogens with zero attached hydrogens (tertiary/aromatic N) is 1. The highest BCUT2D eigenvalue weighted by Gasteiger charge is 2.11. The number of fused-ring (bicyclic) bond motifs is 1. The summed E-state index contributed by atoms with van der Waals surface area (Å²) in [6.45, 7) is 0. The molecule has 90 valence electrons. The van der Waals surface area contributed by atoms with Gasteiger partial charge in [0.2, 0.25) is 0 Å². The van der Waals surface area contributed by atoms with E-state index >= 15 is 0 Å². The van der Waals surface area contributed by atoms with Crippen LogP contribution in [-0.4, -0.2) is 15.1 Å². The Bertz CT molecular complexity index is 693. The summed E-state index contributed by atoms with van der Waals surface area (Å²) in [6.07, 6.45) is 4.61. The highest BCUT2D eigenvalue weighted by atomic mass is 79.9. The maximum absolute atomic E-state index is 10.3. The van der Waals surface area contributed by atoms with Gasteiger partial charge < -0.3 is 10.1 Å². The molecular weight excluding hydrogens is 292 g/mol. The van der Waals surface area contributed by atoms with E-state index in [9.17, 15) is 5.11 Å². The number of halogens is 1. The number of rotatable bonds is 2. The van der Waals surface area contributed by atoms with Gasteiger partial charge in [-0.05, 0) is 51.1 Å². The largest absolute Gasteiger partial charge is 0.384 e. The zero-order valence-corrected chi connectivity index (χ0v) is 11.1. The fourth-order valence-corrected chi connectivity index (χ4v) is 2.39. The second kappa shape index (κ2) is 4.55. The summed E-state index contributed by atoms with van der Waals surface area (Å²) in [7, 11) is 0. The average Bonchev–Trinajstić information content (AvgIpc) is 2.85. The Morgan fingerprint density at radius 1 is 1.11 bits per heavy atom. The molecular formula is C14H11BrN2O. The van der Waals surface area contributed by atoms with Crippen LogP contribution in [0.15, 0.2) is 53.4 Å². The minimum absolute atomic E-state index is 0.658. The number of H-pyrrole nitrogens is 1. The molecule has 1 atom stereocenters. The van der Waals surface area contributed by atoms with Crippen molar-refractivity contribution >= 4 is 26.8 Å². The molecule has 0 radical (unpaired) electrons. The quantitative estimate of drug-likeness (QED) is 0.762. The number of aliphatic hydroxyl groups excluding tert-OH is 1. The van der Waals surface area contributed by atoms with Gasteiger partial charge in [0.05, 0.1) is 0 Å². The molecule has 0 aliphatic rings. The topological polar surface area (TPSA) is 48.9 Å². The fraction of sp³-hybridized carbons (Fsp3) is 0.0714. The van der Waals surface area contributed by atoms with E-state index in [0.717, 1.165) is 26.5 Å². The van der Waals surface area contributed by atoms with Crippen molar-refractivity contribution in [2.75, 3.05) is 0 Å². The van der Waals surface area contributed by atoms with Crippen molar-refractivity contribution in [3.05, 3.63) is 64.5 Å². The first-order chi connectivity index (χ1) is 8.74. The average molecular weight is 303 g/mol. The van der Waals surface area contributed by atoms with Gasteiger partial charge in [-0.25, -0.2) is 0 Å². The van der Waals surface area contributed by atoms with E-state index in [2.05, 4.69) is 25.9 Å². The molecule has 0 fully saturated rings. The van der Waals surface area contributed by atoms with E-state index in [-0.39, 0.29) is 0 Å². The Labute approximate surface area is 113 Å². The molecule has 4 heteroatoms. The Balaban J connectivity index is 2.02. The molecule has 2 N–H and O–H groups in total. The van der Waals surface area contributed by atoms with Gasteiger partial charge in [0.25, 0.3) is 0 Å². The van der Waals surface area contributed by atoms with Crippen LogP contribution in [0, 0.1) is 0 Å². The normalized spacial score (nSPS) is 12.8. The highest BCUT2D eigenvalue weighted by molar-refractivity contribution is 9.10. The summed E-state index contributed by atoms with van der Waals surface area (Å²) in [5.74, 6) is 0. The van der Waals surface area contributed by atoms with Gasteiger partial charge in [0.1, 0.15) is 6.10 Å². The first kappa shape index (κ1) is 11.4. The van der Waals surface area contributed by atoms with E-state index in [4.69, 9.17) is 0 Å². The van der Waals surface area contributed by atoms with Crippen LogP contribution in [0.1, 0.15) is 17.2 Å². The second-order valence-corrected chi connectivity index (χ2v) is 5.08. The lowest BCUT2D eigenvalue weighted by molar-refractivity contribution is 0.220. The van der Waals surface area contributed by atoms with Crippen molar-refractivity contribution in [3.63, 3.8) is 0 Å². The lowest BCUT2D eigenvalue weighted by Crippen LogP contribution is -2.00. The molecule has 1 aromatic carbocycles. The monoisotopic (exact) mass is 302 g/mol. The third kappa shape index (κ3) is 2.05. The number of aromatic amines is 1. The van der Waals surface area contributed by atoms with Crippen molar-refractivity contribution in [1.29, 1.82) is 0 Å². The van der Waals surface area contributed by atoms with Crippen LogP contribution in [0.4, 0.5) is 0 Å². The first-order valence-electron chi connectivity index (χ1n) is 5.59. The summed E-state index contributed by atoms with van der Waals surface area (Å²) in [5.41, 5.74) is 2.71. The molecule has 18 heavy (non-hydrogen) atoms. The highest BCUT2D eigenvalue weighted by Crippen LogP contribution is 2.26. The van der Waals surface area contributed by atoms with E-state index in [1.54, 1.807) is 12.4 Å². The zero-order chi connectivity index (χ0) is 12.5. The number of aromatic nitrogens is 2. The molecule has 3 aromatic rings. The van der Waals surface area contributed by atoms with Gasteiger partial charge in [0.15, 0.2) is 0 Å². The molecule has 0 aliphatic carbocycles. The van der Waals surface area contributed by atoms with Crippen LogP contribution >= 0.6 is 15.9 Å². The summed E-state index contributed by atoms with van der Waals surface area (Å²) in [4.78, 5) is 7.20. The molecule has 0 aliphatic heterocycles. The maximum atomic E-state index is 10.3. The molecule has 0 saturated carbocycles. The molecule has 0 amide bonds. The number of pyridine rings is 1. The molecule has 2 heterocycles. The molecule has 3 rings (SSSR count). The smallest absolute Gasteiger partial charge is 0.106 e. The molecule has 3 nitrogen and oxygen atoms in total. The second-order valence-electron chi connectivity index (χ2n) is 4.16. The number of nitrogens with one attached hydrogen (secondary N) is 1. The lowest BCUT2D eigenvalue weighted by Gasteiger charge is -2.11. The van der Waals surface area contributed by atoms with E-state index < -0.39 is 6.10 Å². The number of hydrogen-bond acceptors (Lipinski definition) is 2. The minimum Gasteiger partial charge on any atom is -0.384 e. The van der Waals surface area contributed by atoms with Crippen molar-refractivity contribution in [2.24, 2.45) is 0 Å². The summed E-state index contributed by atoms with van der Waals surface area (Å²) < 4.78 is 0.863. The Morgan fingerprint density at radius 3 is 2.83 bits per heavy atom. The number of benzene rings is 1. The Kier molecular flexibility index (Phi) is 2.89. The van der Waals surface area contributed by atoms with Crippen LogP contribution in [0.2, 0.25) is 0 Å². The van der Waals surface area contributed by atoms with Gasteiger partial charge in [-0.3, -0.25) is 4.98 Å². The van der Waals surface area contributed by atoms with E-state index in [0.29, 0.717) is 0 Å². The zero-order valence-electron chi connectivity index (χ0n) is 9.47. The predicted octanol–water partition coefficient (Wildman–Crippen LogP) is 3.41. The number of hydrogen-bond donors (Lipinski definition) is 2. The van der Waals surface area contributed by atoms with Crippen molar-refractivity contribution in [1.82, 2.24) is 9.97 Å². The van der Waals surface area contributed by atoms with Gasteiger partial charge in [-0.1, -0.05) is 6.07 Å². The Morgan fingerprint density at radius 2 is 2.00 bits per heavy atom. The molecule has 0 bridgehead atoms. The number of aliphatic hydroxyl groups is 1. The van der Waals surface area contributed by atoms with Crippen LogP contribution in [0.5, 0.6) is 0 Å². The third-order valence-corrected chi connectivity index (χ3v) is 3.37. The lowest BCUT2D eigenvalue weighted by atomic mass is 10.0. The maximum Gasteiger partial charge on any atom is 0.106 e. The van der Waals surface area contributed by atoms with Gasteiger partial charge in [-0.2, -0.15) is 0 Å². The van der Waals surface area contributed by atoms with Gasteiger partial charge >= 0.3 is 0 Å². The molecule has 1 unspecified atom stereocenters. The van der Waals surface area contributed by atoms with Gasteiger partial charge in [-0.15, -0.1) is 0 Å². The fourth-order valence-electron chi connectivity index (χ4n) is 2.01. The standard InChI is InChI=1S/C14H11BrN2O/c15-12-6-11(7-16-8-12)14(18)10-1-2-13-9(5-10)3-4-17-13/h1-8,14,17-18H. The SMILES string of the molecule is OC(c1cncc(Br)c1)c1ccc2[nH]ccc2c1. The summed E-state index contributed by atoms with van der Waals surface area (Å²) in [5, 5.41) is 11.4. The van der Waals surface area contributed by atoms with Crippen molar-refractivity contribution in [2.45, 2.75) is 6.10 Å². The van der Waals surface area contributed by atoms with Crippen LogP contribution in [0.25, 0.3) is 10.9 Å². The van der Waals surface area contributed by atoms with E-state index in [1.807, 2.05) is 36.5 Å². The van der Waals surface area contributed by atoms with Crippen LogP contribution < -0.4 is 0 Å². The van der Waals surface area contributed by atoms with E-state index in [1.165, 1.54) is 0 Å². The van der Waals surface area contributed by atoms with Crippen molar-refractivity contribution < 1.29 is 5.11 Å². The molecule has 2 aromatic heterocycles. The predicted molar refractivity (Wildman–Crippen MR) is 74.3 cm³/mol. The molecule has 0 saturated heterocycles. The van der Waals surface area contributed by atoms with Crippen LogP contribution in [0.3, 0.4) is 0 Å². The van der Waals surface area contributed by atoms with Crippen LogP contribution in [-0.2, 0) is 0 Å².